The second-order valence-corrected chi connectivity index (χ2v) is 17.4. The Bertz CT molecular complexity index is 2750. The van der Waals surface area contributed by atoms with E-state index in [4.69, 9.17) is 4.42 Å². The number of anilines is 6. The van der Waals surface area contributed by atoms with E-state index in [2.05, 4.69) is 174 Å². The molecule has 8 aromatic rings. The lowest BCUT2D eigenvalue weighted by atomic mass is 9.68. The van der Waals surface area contributed by atoms with Crippen LogP contribution in [-0.2, 0) is 18.3 Å². The van der Waals surface area contributed by atoms with Crippen molar-refractivity contribution < 1.29 is 4.42 Å². The standard InChI is InChI=1S/C55H48N2O/c1-4-14-37(15-5-1)38-26-30-45(31-27-38)57(46-32-33-48-47-22-10-11-25-51(47)58-52(48)36-46)50-24-13-17-40-35-42-29-28-41-34-39-16-12-23-49(53(39)55(41,42)54(40)50)56(43-18-6-2-7-19-43)44-20-8-3-9-21-44/h2-3,6-13,16-27,30-33,36-37,41-42H,1,4-5,14-15,28-29,34-35H2. The second-order valence-electron chi connectivity index (χ2n) is 17.4. The van der Waals surface area contributed by atoms with Gasteiger partial charge in [-0.3, -0.25) is 0 Å². The number of para-hydroxylation sites is 3. The molecule has 3 nitrogen and oxygen atoms in total. The van der Waals surface area contributed by atoms with Gasteiger partial charge in [-0.25, -0.2) is 0 Å². The first-order chi connectivity index (χ1) is 28.8. The monoisotopic (exact) mass is 752 g/mol. The van der Waals surface area contributed by atoms with E-state index in [1.807, 2.05) is 0 Å². The van der Waals surface area contributed by atoms with Crippen LogP contribution >= 0.6 is 0 Å². The van der Waals surface area contributed by atoms with E-state index in [1.165, 1.54) is 101 Å². The molecule has 0 bridgehead atoms. The summed E-state index contributed by atoms with van der Waals surface area (Å²) >= 11 is 0. The molecule has 1 spiro atoms. The minimum atomic E-state index is -0.108. The molecule has 1 aromatic heterocycles. The Morgan fingerprint density at radius 3 is 1.60 bits per heavy atom. The highest BCUT2D eigenvalue weighted by Crippen LogP contribution is 2.68. The molecule has 0 radical (unpaired) electrons. The molecule has 7 aromatic carbocycles. The van der Waals surface area contributed by atoms with Gasteiger partial charge >= 0.3 is 0 Å². The average molecular weight is 753 g/mol. The van der Waals surface area contributed by atoms with E-state index in [0.29, 0.717) is 17.8 Å². The molecule has 58 heavy (non-hydrogen) atoms. The van der Waals surface area contributed by atoms with Crippen molar-refractivity contribution in [2.24, 2.45) is 11.8 Å². The second kappa shape index (κ2) is 13.5. The van der Waals surface area contributed by atoms with Crippen LogP contribution in [0.5, 0.6) is 0 Å². The van der Waals surface area contributed by atoms with Crippen molar-refractivity contribution in [3.63, 3.8) is 0 Å². The Morgan fingerprint density at radius 1 is 0.431 bits per heavy atom. The van der Waals surface area contributed by atoms with Gasteiger partial charge in [0.05, 0.1) is 11.4 Å². The van der Waals surface area contributed by atoms with Crippen LogP contribution < -0.4 is 9.80 Å². The molecule has 3 heteroatoms. The topological polar surface area (TPSA) is 19.6 Å². The van der Waals surface area contributed by atoms with E-state index >= 15 is 0 Å². The molecule has 3 unspecified atom stereocenters. The van der Waals surface area contributed by atoms with Gasteiger partial charge in [-0.15, -0.1) is 0 Å². The molecule has 2 saturated carbocycles. The molecule has 4 aliphatic carbocycles. The fourth-order valence-electron chi connectivity index (χ4n) is 12.2. The Hall–Kier alpha value is -6.06. The highest BCUT2D eigenvalue weighted by atomic mass is 16.3. The number of nitrogens with zero attached hydrogens (tertiary/aromatic N) is 2. The van der Waals surface area contributed by atoms with Gasteiger partial charge in [0, 0.05) is 45.0 Å². The molecule has 1 heterocycles. The van der Waals surface area contributed by atoms with Gasteiger partial charge in [-0.1, -0.05) is 110 Å². The minimum absolute atomic E-state index is 0.108. The van der Waals surface area contributed by atoms with Crippen molar-refractivity contribution in [1.82, 2.24) is 0 Å². The van der Waals surface area contributed by atoms with Gasteiger partial charge in [-0.05, 0) is 151 Å². The van der Waals surface area contributed by atoms with Crippen LogP contribution in [0.25, 0.3) is 21.9 Å². The maximum atomic E-state index is 6.58. The van der Waals surface area contributed by atoms with E-state index in [0.717, 1.165) is 35.1 Å². The van der Waals surface area contributed by atoms with Crippen LogP contribution in [0, 0.1) is 11.8 Å². The normalized spacial score (nSPS) is 20.8. The zero-order valence-corrected chi connectivity index (χ0v) is 33.0. The summed E-state index contributed by atoms with van der Waals surface area (Å²) in [4.78, 5) is 5.11. The third kappa shape index (κ3) is 5.11. The minimum Gasteiger partial charge on any atom is -0.456 e. The van der Waals surface area contributed by atoms with Gasteiger partial charge < -0.3 is 14.2 Å². The highest BCUT2D eigenvalue weighted by Gasteiger charge is 2.62. The first-order valence-corrected chi connectivity index (χ1v) is 21.7. The summed E-state index contributed by atoms with van der Waals surface area (Å²) < 4.78 is 6.58. The molecule has 284 valence electrons. The summed E-state index contributed by atoms with van der Waals surface area (Å²) in [6.45, 7) is 0. The SMILES string of the molecule is c1ccc(N(c2ccccc2)c2cccc3c2C24c5c(cccc5N(c5ccc(C6CCCCC6)cc5)c5ccc6c(c5)oc5ccccc56)CC2CCC4C3)cc1. The molecule has 2 fully saturated rings. The van der Waals surface area contributed by atoms with Crippen LogP contribution in [0.15, 0.2) is 168 Å². The molecular formula is C55H48N2O. The van der Waals surface area contributed by atoms with Gasteiger partial charge in [0.15, 0.2) is 0 Å². The predicted molar refractivity (Wildman–Crippen MR) is 240 cm³/mol. The van der Waals surface area contributed by atoms with Crippen LogP contribution in [0.3, 0.4) is 0 Å². The van der Waals surface area contributed by atoms with Crippen molar-refractivity contribution in [3.8, 4) is 0 Å². The van der Waals surface area contributed by atoms with Crippen LogP contribution in [0.4, 0.5) is 34.1 Å². The van der Waals surface area contributed by atoms with Crippen LogP contribution in [0.2, 0.25) is 0 Å². The molecule has 12 rings (SSSR count). The maximum absolute atomic E-state index is 6.58. The zero-order chi connectivity index (χ0) is 38.2. The number of hydrogen-bond acceptors (Lipinski definition) is 3. The van der Waals surface area contributed by atoms with Crippen molar-refractivity contribution in [2.75, 3.05) is 9.80 Å². The number of furan rings is 1. The van der Waals surface area contributed by atoms with Gasteiger partial charge in [0.25, 0.3) is 0 Å². The molecule has 0 amide bonds. The molecule has 4 aliphatic rings. The van der Waals surface area contributed by atoms with Gasteiger partial charge in [-0.2, -0.15) is 0 Å². The van der Waals surface area contributed by atoms with Crippen LogP contribution in [-0.4, -0.2) is 0 Å². The number of hydrogen-bond donors (Lipinski definition) is 0. The number of benzene rings is 7. The molecule has 0 saturated heterocycles. The summed E-state index contributed by atoms with van der Waals surface area (Å²) in [5.41, 5.74) is 16.7. The fourth-order valence-corrected chi connectivity index (χ4v) is 12.2. The zero-order valence-electron chi connectivity index (χ0n) is 33.0. The summed E-state index contributed by atoms with van der Waals surface area (Å²) in [5.74, 6) is 1.74. The van der Waals surface area contributed by atoms with Crippen molar-refractivity contribution in [3.05, 3.63) is 192 Å². The van der Waals surface area contributed by atoms with Gasteiger partial charge in [0.2, 0.25) is 0 Å². The smallest absolute Gasteiger partial charge is 0.137 e. The molecule has 0 aliphatic heterocycles. The van der Waals surface area contributed by atoms with E-state index in [9.17, 15) is 0 Å². The summed E-state index contributed by atoms with van der Waals surface area (Å²) in [5, 5.41) is 2.33. The average Bonchev–Trinajstić information content (AvgIpc) is 4.02. The first kappa shape index (κ1) is 34.0. The fraction of sp³-hybridized carbons (Fsp3) is 0.236. The van der Waals surface area contributed by atoms with Crippen molar-refractivity contribution in [1.29, 1.82) is 0 Å². The lowest BCUT2D eigenvalue weighted by Gasteiger charge is -2.40. The third-order valence-electron chi connectivity index (χ3n) is 14.5. The van der Waals surface area contributed by atoms with E-state index in [1.54, 1.807) is 5.56 Å². The highest BCUT2D eigenvalue weighted by molar-refractivity contribution is 6.06. The Kier molecular flexibility index (Phi) is 7.93. The number of rotatable bonds is 7. The Morgan fingerprint density at radius 2 is 0.966 bits per heavy atom. The Balaban J connectivity index is 1.09. The third-order valence-corrected chi connectivity index (χ3v) is 14.5. The van der Waals surface area contributed by atoms with Gasteiger partial charge in [0.1, 0.15) is 11.2 Å². The number of fused-ring (bicyclic) bond motifs is 5. The van der Waals surface area contributed by atoms with Crippen molar-refractivity contribution >= 4 is 56.1 Å². The Labute approximate surface area is 341 Å². The summed E-state index contributed by atoms with van der Waals surface area (Å²) in [7, 11) is 0. The summed E-state index contributed by atoms with van der Waals surface area (Å²) in [6.07, 6.45) is 11.4. The largest absolute Gasteiger partial charge is 0.456 e. The first-order valence-electron chi connectivity index (χ1n) is 21.7. The molecule has 0 N–H and O–H groups in total. The van der Waals surface area contributed by atoms with Crippen molar-refractivity contribution in [2.45, 2.75) is 69.1 Å². The lowest BCUT2D eigenvalue weighted by molar-refractivity contribution is 0.350. The molecule has 3 atom stereocenters. The van der Waals surface area contributed by atoms with E-state index in [-0.39, 0.29) is 5.41 Å². The van der Waals surface area contributed by atoms with E-state index < -0.39 is 0 Å². The predicted octanol–water partition coefficient (Wildman–Crippen LogP) is 15.0. The lowest BCUT2D eigenvalue weighted by Crippen LogP contribution is -2.34. The van der Waals surface area contributed by atoms with Crippen LogP contribution in [0.1, 0.15) is 78.7 Å². The quantitative estimate of drug-likeness (QED) is 0.162. The molecular weight excluding hydrogens is 705 g/mol. The maximum Gasteiger partial charge on any atom is 0.137 e. The summed E-state index contributed by atoms with van der Waals surface area (Å²) in [6, 6.07) is 61.4.